The molecule has 182 valence electrons. The summed E-state index contributed by atoms with van der Waals surface area (Å²) >= 11 is 0. The molecule has 6 rings (SSSR count). The number of hydrogen-bond donors (Lipinski definition) is 2. The first-order valence-electron chi connectivity index (χ1n) is 12.7. The van der Waals surface area contributed by atoms with Crippen LogP contribution in [0, 0.1) is 0 Å². The minimum Gasteiger partial charge on any atom is -0.379 e. The Hall–Kier alpha value is -3.48. The standard InChI is InChI=1S/C30H30N4O2/c35-29(25-12-2-5-20-33-25,27(14-8-15-27)23-10-7-18-31-22-23)30(36,26-13-3-6-21-34-26)28(16-9-17-28)24-11-1-4-19-32-24/h1-7,10-13,18-22,35-36H,8-9,14-17H2. The fourth-order valence-electron chi connectivity index (χ4n) is 6.72. The molecule has 6 heteroatoms. The van der Waals surface area contributed by atoms with Crippen LogP contribution < -0.4 is 0 Å². The maximum Gasteiger partial charge on any atom is 0.153 e. The molecule has 2 atom stereocenters. The van der Waals surface area contributed by atoms with Crippen molar-refractivity contribution >= 4 is 0 Å². The Morgan fingerprint density at radius 1 is 0.583 bits per heavy atom. The monoisotopic (exact) mass is 478 g/mol. The van der Waals surface area contributed by atoms with E-state index in [2.05, 4.69) is 4.98 Å². The molecule has 0 bridgehead atoms. The zero-order chi connectivity index (χ0) is 24.7. The Kier molecular flexibility index (Phi) is 5.47. The van der Waals surface area contributed by atoms with Gasteiger partial charge in [-0.1, -0.05) is 37.1 Å². The summed E-state index contributed by atoms with van der Waals surface area (Å²) in [4.78, 5) is 18.5. The van der Waals surface area contributed by atoms with Crippen LogP contribution in [0.2, 0.25) is 0 Å². The second-order valence-electron chi connectivity index (χ2n) is 10.2. The molecule has 0 saturated heterocycles. The summed E-state index contributed by atoms with van der Waals surface area (Å²) in [6.45, 7) is 0. The average molecular weight is 479 g/mol. The van der Waals surface area contributed by atoms with E-state index >= 15 is 0 Å². The van der Waals surface area contributed by atoms with Gasteiger partial charge in [0.25, 0.3) is 0 Å². The van der Waals surface area contributed by atoms with Crippen LogP contribution in [-0.4, -0.2) is 30.1 Å². The van der Waals surface area contributed by atoms with Crippen molar-refractivity contribution < 1.29 is 10.2 Å². The molecule has 0 radical (unpaired) electrons. The summed E-state index contributed by atoms with van der Waals surface area (Å²) in [5.41, 5.74) is -2.76. The van der Waals surface area contributed by atoms with Gasteiger partial charge >= 0.3 is 0 Å². The van der Waals surface area contributed by atoms with Crippen molar-refractivity contribution in [3.05, 3.63) is 120 Å². The average Bonchev–Trinajstić information content (AvgIpc) is 2.89. The number of rotatable bonds is 7. The van der Waals surface area contributed by atoms with E-state index in [1.165, 1.54) is 0 Å². The van der Waals surface area contributed by atoms with Crippen LogP contribution in [0.25, 0.3) is 0 Å². The maximum atomic E-state index is 13.4. The van der Waals surface area contributed by atoms with Crippen molar-refractivity contribution in [2.24, 2.45) is 0 Å². The van der Waals surface area contributed by atoms with Crippen molar-refractivity contribution in [3.63, 3.8) is 0 Å². The van der Waals surface area contributed by atoms with Gasteiger partial charge in [-0.25, -0.2) is 0 Å². The van der Waals surface area contributed by atoms with Gasteiger partial charge in [-0.2, -0.15) is 0 Å². The van der Waals surface area contributed by atoms with Crippen molar-refractivity contribution in [1.82, 2.24) is 19.9 Å². The molecule has 6 nitrogen and oxygen atoms in total. The summed E-state index contributed by atoms with van der Waals surface area (Å²) in [5.74, 6) is 0. The second kappa shape index (κ2) is 8.57. The highest BCUT2D eigenvalue weighted by Gasteiger charge is 2.75. The van der Waals surface area contributed by atoms with Gasteiger partial charge in [-0.15, -0.1) is 0 Å². The lowest BCUT2D eigenvalue weighted by Crippen LogP contribution is -2.72. The van der Waals surface area contributed by atoms with E-state index < -0.39 is 22.0 Å². The molecule has 2 N–H and O–H groups in total. The zero-order valence-corrected chi connectivity index (χ0v) is 20.2. The van der Waals surface area contributed by atoms with Gasteiger partial charge in [0.2, 0.25) is 0 Å². The molecule has 4 aromatic heterocycles. The van der Waals surface area contributed by atoms with Crippen LogP contribution in [0.4, 0.5) is 0 Å². The second-order valence-corrected chi connectivity index (χ2v) is 10.2. The molecule has 2 aliphatic carbocycles. The predicted molar refractivity (Wildman–Crippen MR) is 136 cm³/mol. The molecule has 2 saturated carbocycles. The van der Waals surface area contributed by atoms with Crippen LogP contribution in [0.15, 0.2) is 97.7 Å². The van der Waals surface area contributed by atoms with Crippen LogP contribution in [0.3, 0.4) is 0 Å². The molecule has 4 heterocycles. The van der Waals surface area contributed by atoms with E-state index in [1.807, 2.05) is 72.9 Å². The SMILES string of the molecule is OC(c1ccccn1)(C1(c2cccnc2)CCC1)C(O)(c1ccccn1)C1(c2ccccn2)CCC1. The Balaban J connectivity index is 1.72. The topological polar surface area (TPSA) is 92.0 Å². The highest BCUT2D eigenvalue weighted by Crippen LogP contribution is 2.68. The van der Waals surface area contributed by atoms with Gasteiger partial charge in [0.15, 0.2) is 11.2 Å². The lowest BCUT2D eigenvalue weighted by Gasteiger charge is -2.65. The molecule has 2 aliphatic rings. The molecule has 4 aromatic rings. The van der Waals surface area contributed by atoms with Crippen LogP contribution in [0.5, 0.6) is 0 Å². The molecule has 0 aliphatic heterocycles. The van der Waals surface area contributed by atoms with Gasteiger partial charge in [0.05, 0.1) is 16.8 Å². The summed E-state index contributed by atoms with van der Waals surface area (Å²) < 4.78 is 0. The lowest BCUT2D eigenvalue weighted by atomic mass is 9.42. The van der Waals surface area contributed by atoms with Gasteiger partial charge < -0.3 is 10.2 Å². The van der Waals surface area contributed by atoms with E-state index in [-0.39, 0.29) is 0 Å². The third-order valence-electron chi connectivity index (χ3n) is 8.76. The Morgan fingerprint density at radius 3 is 1.56 bits per heavy atom. The molecule has 0 aromatic carbocycles. The first kappa shape index (κ1) is 23.0. The van der Waals surface area contributed by atoms with Crippen LogP contribution in [-0.2, 0) is 22.0 Å². The van der Waals surface area contributed by atoms with Crippen LogP contribution >= 0.6 is 0 Å². The molecule has 36 heavy (non-hydrogen) atoms. The Labute approximate surface area is 211 Å². The van der Waals surface area contributed by atoms with Gasteiger partial charge in [0, 0.05) is 42.1 Å². The molecule has 2 fully saturated rings. The van der Waals surface area contributed by atoms with Crippen molar-refractivity contribution in [3.8, 4) is 0 Å². The number of aromatic nitrogens is 4. The van der Waals surface area contributed by atoms with Crippen molar-refractivity contribution in [1.29, 1.82) is 0 Å². The quantitative estimate of drug-likeness (QED) is 0.404. The minimum atomic E-state index is -1.82. The highest BCUT2D eigenvalue weighted by atomic mass is 16.4. The van der Waals surface area contributed by atoms with Gasteiger partial charge in [0.1, 0.15) is 0 Å². The van der Waals surface area contributed by atoms with Crippen molar-refractivity contribution in [2.45, 2.75) is 60.6 Å². The number of pyridine rings is 4. The number of hydrogen-bond acceptors (Lipinski definition) is 6. The van der Waals surface area contributed by atoms with E-state index in [9.17, 15) is 10.2 Å². The molecular formula is C30H30N4O2. The van der Waals surface area contributed by atoms with Crippen LogP contribution in [0.1, 0.15) is 61.2 Å². The third kappa shape index (κ3) is 2.91. The van der Waals surface area contributed by atoms with E-state index in [0.29, 0.717) is 37.1 Å². The normalized spacial score (nSPS) is 21.3. The largest absolute Gasteiger partial charge is 0.379 e. The summed E-state index contributed by atoms with van der Waals surface area (Å²) in [7, 11) is 0. The predicted octanol–water partition coefficient (Wildman–Crippen LogP) is 4.59. The smallest absolute Gasteiger partial charge is 0.153 e. The van der Waals surface area contributed by atoms with E-state index in [0.717, 1.165) is 24.1 Å². The number of aliphatic hydroxyl groups is 2. The maximum absolute atomic E-state index is 13.4. The highest BCUT2D eigenvalue weighted by molar-refractivity contribution is 5.46. The zero-order valence-electron chi connectivity index (χ0n) is 20.2. The minimum absolute atomic E-state index is 0.429. The summed E-state index contributed by atoms with van der Waals surface area (Å²) in [6, 6.07) is 20.7. The van der Waals surface area contributed by atoms with Gasteiger partial charge in [-0.05, 0) is 73.7 Å². The summed E-state index contributed by atoms with van der Waals surface area (Å²) in [6.07, 6.45) is 13.3. The molecule has 0 amide bonds. The molecular weight excluding hydrogens is 448 g/mol. The van der Waals surface area contributed by atoms with Gasteiger partial charge in [-0.3, -0.25) is 19.9 Å². The summed E-state index contributed by atoms with van der Waals surface area (Å²) in [5, 5.41) is 26.9. The first-order chi connectivity index (χ1) is 17.6. The molecule has 2 unspecified atom stereocenters. The van der Waals surface area contributed by atoms with E-state index in [1.54, 1.807) is 24.8 Å². The Morgan fingerprint density at radius 2 is 1.14 bits per heavy atom. The van der Waals surface area contributed by atoms with E-state index in [4.69, 9.17) is 15.0 Å². The van der Waals surface area contributed by atoms with Crippen molar-refractivity contribution in [2.75, 3.05) is 0 Å². The molecule has 0 spiro atoms. The first-order valence-corrected chi connectivity index (χ1v) is 12.7. The fourth-order valence-corrected chi connectivity index (χ4v) is 6.72. The third-order valence-corrected chi connectivity index (χ3v) is 8.76. The number of nitrogens with zero attached hydrogens (tertiary/aromatic N) is 4. The Bertz CT molecular complexity index is 1210. The lowest BCUT2D eigenvalue weighted by molar-refractivity contribution is -0.272. The fraction of sp³-hybridized carbons (Fsp3) is 0.333.